The van der Waals surface area contributed by atoms with Gasteiger partial charge in [0.2, 0.25) is 11.8 Å². The van der Waals surface area contributed by atoms with Gasteiger partial charge >= 0.3 is 0 Å². The Morgan fingerprint density at radius 2 is 2.04 bits per heavy atom. The number of likely N-dealkylation sites (tertiary alicyclic amines) is 1. The van der Waals surface area contributed by atoms with Crippen molar-refractivity contribution >= 4 is 5.91 Å². The van der Waals surface area contributed by atoms with Crippen LogP contribution < -0.4 is 0 Å². The van der Waals surface area contributed by atoms with E-state index in [1.165, 1.54) is 0 Å². The molecule has 7 heteroatoms. The number of allylic oxidation sites excluding steroid dienone is 2. The summed E-state index contributed by atoms with van der Waals surface area (Å²) in [4.78, 5) is 19.3. The van der Waals surface area contributed by atoms with Crippen molar-refractivity contribution in [3.63, 3.8) is 0 Å². The van der Waals surface area contributed by atoms with Crippen LogP contribution in [0.4, 0.5) is 0 Å². The first-order chi connectivity index (χ1) is 13.3. The number of nitrogens with zero attached hydrogens (tertiary/aromatic N) is 3. The summed E-state index contributed by atoms with van der Waals surface area (Å²) in [6, 6.07) is -0.0671. The van der Waals surface area contributed by atoms with Crippen molar-refractivity contribution in [3.8, 4) is 0 Å². The van der Waals surface area contributed by atoms with Gasteiger partial charge in [0.25, 0.3) is 0 Å². The van der Waals surface area contributed by atoms with Gasteiger partial charge in [0.1, 0.15) is 6.04 Å². The van der Waals surface area contributed by atoms with Gasteiger partial charge in [0.15, 0.2) is 5.82 Å². The maximum Gasteiger partial charge on any atom is 0.249 e. The Balaban J connectivity index is 1.26. The average Bonchev–Trinajstić information content (AvgIpc) is 3.47. The molecule has 1 aromatic heterocycles. The van der Waals surface area contributed by atoms with E-state index in [1.807, 2.05) is 4.90 Å². The standard InChI is InChI=1S/C20H29N3O4/c24-20(16-4-1-2-5-16)23-10-3-6-17(23)19-21-18(22-27-19)9-13-26-14-15-7-11-25-12-8-15/h1-2,15-17H,3-14H2. The monoisotopic (exact) mass is 375 g/mol. The van der Waals surface area contributed by atoms with E-state index in [0.29, 0.717) is 30.7 Å². The molecule has 1 aliphatic carbocycles. The summed E-state index contributed by atoms with van der Waals surface area (Å²) in [6.07, 6.45) is 10.6. The molecule has 3 aliphatic rings. The van der Waals surface area contributed by atoms with E-state index in [1.54, 1.807) is 0 Å². The summed E-state index contributed by atoms with van der Waals surface area (Å²) in [5.41, 5.74) is 0. The molecule has 0 aromatic carbocycles. The first-order valence-electron chi connectivity index (χ1n) is 10.2. The Bertz CT molecular complexity index is 645. The number of rotatable bonds is 7. The van der Waals surface area contributed by atoms with E-state index in [9.17, 15) is 4.79 Å². The van der Waals surface area contributed by atoms with Gasteiger partial charge in [-0.15, -0.1) is 0 Å². The molecule has 3 heterocycles. The Kier molecular flexibility index (Phi) is 6.19. The molecule has 4 rings (SSSR count). The van der Waals surface area contributed by atoms with E-state index in [0.717, 1.165) is 64.9 Å². The number of hydrogen-bond acceptors (Lipinski definition) is 6. The fraction of sp³-hybridized carbons (Fsp3) is 0.750. The number of carbonyl (C=O) groups excluding carboxylic acids is 1. The van der Waals surface area contributed by atoms with E-state index < -0.39 is 0 Å². The lowest BCUT2D eigenvalue weighted by Crippen LogP contribution is -2.35. The Morgan fingerprint density at radius 3 is 2.85 bits per heavy atom. The van der Waals surface area contributed by atoms with Gasteiger partial charge < -0.3 is 18.9 Å². The average molecular weight is 375 g/mol. The summed E-state index contributed by atoms with van der Waals surface area (Å²) in [5, 5.41) is 4.10. The Labute approximate surface area is 160 Å². The molecule has 1 atom stereocenters. The van der Waals surface area contributed by atoms with E-state index in [-0.39, 0.29) is 17.9 Å². The maximum absolute atomic E-state index is 12.8. The first kappa shape index (κ1) is 18.6. The summed E-state index contributed by atoms with van der Waals surface area (Å²) in [6.45, 7) is 3.84. The molecule has 148 valence electrons. The minimum absolute atomic E-state index is 0.0671. The quantitative estimate of drug-likeness (QED) is 0.539. The van der Waals surface area contributed by atoms with Gasteiger partial charge in [-0.05, 0) is 44.4 Å². The predicted octanol–water partition coefficient (Wildman–Crippen LogP) is 2.69. The van der Waals surface area contributed by atoms with Gasteiger partial charge in [-0.3, -0.25) is 4.79 Å². The van der Waals surface area contributed by atoms with Crippen LogP contribution >= 0.6 is 0 Å². The van der Waals surface area contributed by atoms with Crippen molar-refractivity contribution < 1.29 is 18.8 Å². The third kappa shape index (κ3) is 4.58. The lowest BCUT2D eigenvalue weighted by molar-refractivity contribution is -0.136. The van der Waals surface area contributed by atoms with Crippen LogP contribution in [0.2, 0.25) is 0 Å². The van der Waals surface area contributed by atoms with E-state index in [2.05, 4.69) is 22.3 Å². The molecule has 0 saturated carbocycles. The Morgan fingerprint density at radius 1 is 1.22 bits per heavy atom. The Hall–Kier alpha value is -1.73. The molecule has 0 N–H and O–H groups in total. The van der Waals surface area contributed by atoms with E-state index >= 15 is 0 Å². The largest absolute Gasteiger partial charge is 0.381 e. The molecular weight excluding hydrogens is 346 g/mol. The number of hydrogen-bond donors (Lipinski definition) is 0. The molecule has 7 nitrogen and oxygen atoms in total. The van der Waals surface area contributed by atoms with Gasteiger partial charge in [0.05, 0.1) is 6.61 Å². The highest BCUT2D eigenvalue weighted by Crippen LogP contribution is 2.34. The van der Waals surface area contributed by atoms with Gasteiger partial charge in [-0.1, -0.05) is 17.3 Å². The number of aromatic nitrogens is 2. The van der Waals surface area contributed by atoms with Crippen LogP contribution in [-0.4, -0.2) is 53.9 Å². The smallest absolute Gasteiger partial charge is 0.249 e. The molecule has 2 fully saturated rings. The van der Waals surface area contributed by atoms with Crippen molar-refractivity contribution in [2.75, 3.05) is 33.0 Å². The summed E-state index contributed by atoms with van der Waals surface area (Å²) in [5.74, 6) is 2.15. The van der Waals surface area contributed by atoms with Gasteiger partial charge in [-0.2, -0.15) is 4.98 Å². The zero-order valence-corrected chi connectivity index (χ0v) is 15.8. The third-order valence-electron chi connectivity index (χ3n) is 5.83. The lowest BCUT2D eigenvalue weighted by Gasteiger charge is -2.24. The fourth-order valence-electron chi connectivity index (χ4n) is 4.17. The summed E-state index contributed by atoms with van der Waals surface area (Å²) >= 11 is 0. The number of ether oxygens (including phenoxy) is 2. The number of amides is 1. The SMILES string of the molecule is O=C(C1CC=CC1)N1CCCC1c1nc(CCOCC2CCOCC2)no1. The van der Waals surface area contributed by atoms with Gasteiger partial charge in [-0.25, -0.2) is 0 Å². The molecule has 1 aromatic rings. The molecule has 1 unspecified atom stereocenters. The molecule has 2 saturated heterocycles. The van der Waals surface area contributed by atoms with Crippen molar-refractivity contribution in [1.29, 1.82) is 0 Å². The minimum Gasteiger partial charge on any atom is -0.381 e. The zero-order valence-electron chi connectivity index (χ0n) is 15.8. The summed E-state index contributed by atoms with van der Waals surface area (Å²) < 4.78 is 16.7. The van der Waals surface area contributed by atoms with Crippen molar-refractivity contribution in [2.24, 2.45) is 11.8 Å². The second-order valence-electron chi connectivity index (χ2n) is 7.76. The molecule has 27 heavy (non-hydrogen) atoms. The molecule has 0 bridgehead atoms. The molecule has 0 radical (unpaired) electrons. The molecule has 1 amide bonds. The predicted molar refractivity (Wildman–Crippen MR) is 97.9 cm³/mol. The zero-order chi connectivity index (χ0) is 18.5. The lowest BCUT2D eigenvalue weighted by atomic mass is 10.0. The second kappa shape index (κ2) is 8.97. The highest BCUT2D eigenvalue weighted by Gasteiger charge is 2.37. The van der Waals surface area contributed by atoms with Crippen LogP contribution in [0.5, 0.6) is 0 Å². The minimum atomic E-state index is -0.0671. The van der Waals surface area contributed by atoms with Crippen LogP contribution in [0, 0.1) is 11.8 Å². The number of carbonyl (C=O) groups is 1. The highest BCUT2D eigenvalue weighted by molar-refractivity contribution is 5.80. The fourth-order valence-corrected chi connectivity index (χ4v) is 4.17. The van der Waals surface area contributed by atoms with Crippen LogP contribution in [0.25, 0.3) is 0 Å². The van der Waals surface area contributed by atoms with Crippen LogP contribution in [0.1, 0.15) is 56.3 Å². The maximum atomic E-state index is 12.8. The summed E-state index contributed by atoms with van der Waals surface area (Å²) in [7, 11) is 0. The molecular formula is C20H29N3O4. The van der Waals surface area contributed by atoms with Crippen LogP contribution in [-0.2, 0) is 20.7 Å². The second-order valence-corrected chi connectivity index (χ2v) is 7.76. The molecule has 0 spiro atoms. The third-order valence-corrected chi connectivity index (χ3v) is 5.83. The van der Waals surface area contributed by atoms with Crippen molar-refractivity contribution in [1.82, 2.24) is 15.0 Å². The highest BCUT2D eigenvalue weighted by atomic mass is 16.5. The van der Waals surface area contributed by atoms with E-state index in [4.69, 9.17) is 14.0 Å². The van der Waals surface area contributed by atoms with Gasteiger partial charge in [0, 0.05) is 38.7 Å². The van der Waals surface area contributed by atoms with Crippen molar-refractivity contribution in [3.05, 3.63) is 23.9 Å². The normalized spacial score (nSPS) is 24.1. The van der Waals surface area contributed by atoms with Crippen LogP contribution in [0.3, 0.4) is 0 Å². The first-order valence-corrected chi connectivity index (χ1v) is 10.2. The topological polar surface area (TPSA) is 77.7 Å². The van der Waals surface area contributed by atoms with Crippen molar-refractivity contribution in [2.45, 2.75) is 51.0 Å². The van der Waals surface area contributed by atoms with Crippen LogP contribution in [0.15, 0.2) is 16.7 Å². The molecule has 2 aliphatic heterocycles.